The summed E-state index contributed by atoms with van der Waals surface area (Å²) in [6.07, 6.45) is 0.612. The highest BCUT2D eigenvalue weighted by Crippen LogP contribution is 2.26. The molecule has 0 amide bonds. The van der Waals surface area contributed by atoms with Crippen molar-refractivity contribution in [2.75, 3.05) is 6.54 Å². The fourth-order valence-electron chi connectivity index (χ4n) is 1.90. The molecule has 0 bridgehead atoms. The Morgan fingerprint density at radius 3 is 2.94 bits per heavy atom. The number of hydrogen-bond acceptors (Lipinski definition) is 5. The summed E-state index contributed by atoms with van der Waals surface area (Å²) in [4.78, 5) is 0. The molecule has 1 aliphatic heterocycles. The summed E-state index contributed by atoms with van der Waals surface area (Å²) < 4.78 is 10.9. The van der Waals surface area contributed by atoms with Crippen LogP contribution < -0.4 is 5.73 Å². The van der Waals surface area contributed by atoms with Gasteiger partial charge in [0.25, 0.3) is 0 Å². The summed E-state index contributed by atoms with van der Waals surface area (Å²) in [6.45, 7) is 1.87. The Morgan fingerprint density at radius 2 is 2.06 bits per heavy atom. The van der Waals surface area contributed by atoms with Gasteiger partial charge in [-0.3, -0.25) is 0 Å². The number of rotatable bonds is 3. The van der Waals surface area contributed by atoms with Gasteiger partial charge in [-0.15, -0.1) is 10.2 Å². The maximum absolute atomic E-state index is 5.53. The molecule has 0 radical (unpaired) electrons. The summed E-state index contributed by atoms with van der Waals surface area (Å²) in [5.74, 6) is 1.13. The maximum atomic E-state index is 5.53. The molecule has 0 spiro atoms. The average molecular weight is 231 g/mol. The number of nitrogens with zero attached hydrogens (tertiary/aromatic N) is 2. The first-order chi connectivity index (χ1) is 8.36. The molecule has 3 rings (SSSR count). The molecule has 17 heavy (non-hydrogen) atoms. The molecule has 5 heteroatoms. The van der Waals surface area contributed by atoms with Gasteiger partial charge in [-0.1, -0.05) is 6.07 Å². The zero-order chi connectivity index (χ0) is 11.7. The number of fused-ring (bicyclic) bond motifs is 1. The number of nitrogens with two attached hydrogens (primary N) is 1. The van der Waals surface area contributed by atoms with Crippen LogP contribution in [0.25, 0.3) is 11.5 Å². The highest BCUT2D eigenvalue weighted by Gasteiger charge is 2.14. The Hall–Kier alpha value is -1.72. The van der Waals surface area contributed by atoms with Crippen LogP contribution in [0.5, 0.6) is 0 Å². The Bertz CT molecular complexity index is 536. The molecule has 0 unspecified atom stereocenters. The lowest BCUT2D eigenvalue weighted by atomic mass is 10.1. The van der Waals surface area contributed by atoms with E-state index in [2.05, 4.69) is 10.2 Å². The Labute approximate surface area is 98.6 Å². The SMILES string of the molecule is NCCc1nnc(-c2ccc3c(c2)COC3)o1. The van der Waals surface area contributed by atoms with Crippen LogP contribution in [0, 0.1) is 0 Å². The van der Waals surface area contributed by atoms with Gasteiger partial charge in [0.05, 0.1) is 13.2 Å². The lowest BCUT2D eigenvalue weighted by molar-refractivity contribution is 0.134. The molecule has 5 nitrogen and oxygen atoms in total. The third-order valence-electron chi connectivity index (χ3n) is 2.79. The van der Waals surface area contributed by atoms with Crippen LogP contribution in [0.3, 0.4) is 0 Å². The molecule has 1 aromatic carbocycles. The maximum Gasteiger partial charge on any atom is 0.247 e. The van der Waals surface area contributed by atoms with Gasteiger partial charge in [0.1, 0.15) is 0 Å². The Kier molecular flexibility index (Phi) is 2.62. The third kappa shape index (κ3) is 1.94. The summed E-state index contributed by atoms with van der Waals surface area (Å²) in [5.41, 5.74) is 8.80. The van der Waals surface area contributed by atoms with Gasteiger partial charge in [-0.05, 0) is 23.3 Å². The van der Waals surface area contributed by atoms with Crippen LogP contribution in [-0.4, -0.2) is 16.7 Å². The fraction of sp³-hybridized carbons (Fsp3) is 0.333. The van der Waals surface area contributed by atoms with E-state index in [9.17, 15) is 0 Å². The van der Waals surface area contributed by atoms with Gasteiger partial charge < -0.3 is 14.9 Å². The molecule has 0 fully saturated rings. The van der Waals surface area contributed by atoms with Gasteiger partial charge in [0, 0.05) is 18.5 Å². The number of ether oxygens (including phenoxy) is 1. The second kappa shape index (κ2) is 4.27. The molecule has 0 saturated heterocycles. The smallest absolute Gasteiger partial charge is 0.247 e. The summed E-state index contributed by atoms with van der Waals surface area (Å²) >= 11 is 0. The van der Waals surface area contributed by atoms with Crippen LogP contribution in [0.2, 0.25) is 0 Å². The van der Waals surface area contributed by atoms with E-state index >= 15 is 0 Å². The molecule has 0 aliphatic carbocycles. The first-order valence-corrected chi connectivity index (χ1v) is 5.59. The van der Waals surface area contributed by atoms with E-state index in [0.717, 1.165) is 5.56 Å². The molecule has 0 saturated carbocycles. The van der Waals surface area contributed by atoms with Crippen LogP contribution in [0.15, 0.2) is 22.6 Å². The standard InChI is InChI=1S/C12H13N3O2/c13-4-3-11-14-15-12(17-11)8-1-2-9-6-16-7-10(9)5-8/h1-2,5H,3-4,6-7,13H2. The predicted molar refractivity (Wildman–Crippen MR) is 61.0 cm³/mol. The van der Waals surface area contributed by atoms with Crippen molar-refractivity contribution in [3.05, 3.63) is 35.2 Å². The van der Waals surface area contributed by atoms with Crippen LogP contribution >= 0.6 is 0 Å². The van der Waals surface area contributed by atoms with E-state index in [0.29, 0.717) is 38.0 Å². The van der Waals surface area contributed by atoms with E-state index < -0.39 is 0 Å². The lowest BCUT2D eigenvalue weighted by Crippen LogP contribution is -2.02. The van der Waals surface area contributed by atoms with E-state index in [1.165, 1.54) is 11.1 Å². The van der Waals surface area contributed by atoms with Crippen molar-refractivity contribution in [2.24, 2.45) is 5.73 Å². The van der Waals surface area contributed by atoms with Crippen molar-refractivity contribution in [1.29, 1.82) is 0 Å². The molecule has 2 heterocycles. The average Bonchev–Trinajstić information content (AvgIpc) is 2.96. The molecule has 88 valence electrons. The van der Waals surface area contributed by atoms with E-state index in [4.69, 9.17) is 14.9 Å². The molecular formula is C12H13N3O2. The highest BCUT2D eigenvalue weighted by atomic mass is 16.5. The topological polar surface area (TPSA) is 74.2 Å². The van der Waals surface area contributed by atoms with Crippen LogP contribution in [0.4, 0.5) is 0 Å². The third-order valence-corrected chi connectivity index (χ3v) is 2.79. The van der Waals surface area contributed by atoms with Crippen molar-refractivity contribution in [3.8, 4) is 11.5 Å². The Morgan fingerprint density at radius 1 is 1.18 bits per heavy atom. The summed E-state index contributed by atoms with van der Waals surface area (Å²) in [6, 6.07) is 6.07. The van der Waals surface area contributed by atoms with Gasteiger partial charge >= 0.3 is 0 Å². The minimum absolute atomic E-state index is 0.514. The zero-order valence-electron chi connectivity index (χ0n) is 9.35. The predicted octanol–water partition coefficient (Wildman–Crippen LogP) is 1.27. The Balaban J connectivity index is 1.92. The highest BCUT2D eigenvalue weighted by molar-refractivity contribution is 5.55. The van der Waals surface area contributed by atoms with E-state index in [1.54, 1.807) is 0 Å². The van der Waals surface area contributed by atoms with Crippen molar-refractivity contribution >= 4 is 0 Å². The van der Waals surface area contributed by atoms with Gasteiger partial charge in [0.2, 0.25) is 11.8 Å². The first-order valence-electron chi connectivity index (χ1n) is 5.59. The molecular weight excluding hydrogens is 218 g/mol. The van der Waals surface area contributed by atoms with Crippen molar-refractivity contribution in [2.45, 2.75) is 19.6 Å². The largest absolute Gasteiger partial charge is 0.421 e. The summed E-state index contributed by atoms with van der Waals surface area (Å²) in [5, 5.41) is 7.97. The molecule has 1 aromatic heterocycles. The molecule has 1 aliphatic rings. The summed E-state index contributed by atoms with van der Waals surface area (Å²) in [7, 11) is 0. The number of benzene rings is 1. The van der Waals surface area contributed by atoms with Crippen molar-refractivity contribution in [3.63, 3.8) is 0 Å². The quantitative estimate of drug-likeness (QED) is 0.861. The first kappa shape index (κ1) is 10.4. The zero-order valence-corrected chi connectivity index (χ0v) is 9.35. The molecule has 2 N–H and O–H groups in total. The fourth-order valence-corrected chi connectivity index (χ4v) is 1.90. The monoisotopic (exact) mass is 231 g/mol. The van der Waals surface area contributed by atoms with Crippen LogP contribution in [-0.2, 0) is 24.4 Å². The molecule has 2 aromatic rings. The lowest BCUT2D eigenvalue weighted by Gasteiger charge is -1.98. The van der Waals surface area contributed by atoms with E-state index in [-0.39, 0.29) is 0 Å². The van der Waals surface area contributed by atoms with Crippen molar-refractivity contribution < 1.29 is 9.15 Å². The van der Waals surface area contributed by atoms with E-state index in [1.807, 2.05) is 18.2 Å². The second-order valence-corrected chi connectivity index (χ2v) is 4.02. The van der Waals surface area contributed by atoms with Gasteiger partial charge in [-0.25, -0.2) is 0 Å². The van der Waals surface area contributed by atoms with Crippen LogP contribution in [0.1, 0.15) is 17.0 Å². The minimum Gasteiger partial charge on any atom is -0.421 e. The minimum atomic E-state index is 0.514. The van der Waals surface area contributed by atoms with Gasteiger partial charge in [-0.2, -0.15) is 0 Å². The number of hydrogen-bond donors (Lipinski definition) is 1. The second-order valence-electron chi connectivity index (χ2n) is 4.02. The van der Waals surface area contributed by atoms with Gasteiger partial charge in [0.15, 0.2) is 0 Å². The normalized spacial score (nSPS) is 13.9. The molecule has 0 atom stereocenters. The van der Waals surface area contributed by atoms with Crippen molar-refractivity contribution in [1.82, 2.24) is 10.2 Å². The number of aromatic nitrogens is 2.